The van der Waals surface area contributed by atoms with Crippen molar-refractivity contribution in [1.82, 2.24) is 15.0 Å². The van der Waals surface area contributed by atoms with Crippen molar-refractivity contribution in [1.29, 1.82) is 0 Å². The molecule has 0 bridgehead atoms. The zero-order valence-electron chi connectivity index (χ0n) is 20.6. The Labute approximate surface area is 209 Å². The molecule has 184 valence electrons. The third kappa shape index (κ3) is 4.92. The molecule has 0 saturated heterocycles. The molecule has 36 heavy (non-hydrogen) atoms. The summed E-state index contributed by atoms with van der Waals surface area (Å²) in [5, 5.41) is 17.4. The molecule has 0 saturated carbocycles. The van der Waals surface area contributed by atoms with Crippen LogP contribution in [0.2, 0.25) is 0 Å². The van der Waals surface area contributed by atoms with Crippen molar-refractivity contribution in [2.24, 2.45) is 4.99 Å². The zero-order valence-corrected chi connectivity index (χ0v) is 20.6. The van der Waals surface area contributed by atoms with Crippen molar-refractivity contribution < 1.29 is 14.6 Å². The molecule has 3 N–H and O–H groups in total. The second-order valence-corrected chi connectivity index (χ2v) is 9.13. The quantitative estimate of drug-likeness (QED) is 0.346. The van der Waals surface area contributed by atoms with Gasteiger partial charge < -0.3 is 25.2 Å². The lowest BCUT2D eigenvalue weighted by Gasteiger charge is -2.26. The SMILES string of the molecule is Cc1ccc(Oc2ccc(Nc3ncnc4ccc(NC5=NC[C@@](C)([C@@H](C)O)O5)cc34)cc2C)cn1. The van der Waals surface area contributed by atoms with Gasteiger partial charge in [0.2, 0.25) is 0 Å². The molecule has 0 radical (unpaired) electrons. The summed E-state index contributed by atoms with van der Waals surface area (Å²) in [7, 11) is 0. The van der Waals surface area contributed by atoms with Crippen LogP contribution >= 0.6 is 0 Å². The number of nitrogens with one attached hydrogen (secondary N) is 2. The number of hydrogen-bond donors (Lipinski definition) is 3. The van der Waals surface area contributed by atoms with Gasteiger partial charge in [0.15, 0.2) is 5.60 Å². The van der Waals surface area contributed by atoms with Crippen LogP contribution in [0, 0.1) is 13.8 Å². The normalized spacial score (nSPS) is 17.9. The molecule has 3 heterocycles. The van der Waals surface area contributed by atoms with Gasteiger partial charge in [-0.05, 0) is 81.8 Å². The van der Waals surface area contributed by atoms with E-state index in [0.717, 1.165) is 39.3 Å². The Morgan fingerprint density at radius 3 is 2.53 bits per heavy atom. The number of anilines is 3. The third-order valence-electron chi connectivity index (χ3n) is 6.19. The number of nitrogens with zero attached hydrogens (tertiary/aromatic N) is 4. The van der Waals surface area contributed by atoms with Gasteiger partial charge in [-0.25, -0.2) is 15.0 Å². The lowest BCUT2D eigenvalue weighted by Crippen LogP contribution is -2.41. The first-order valence-corrected chi connectivity index (χ1v) is 11.7. The fourth-order valence-electron chi connectivity index (χ4n) is 3.77. The molecule has 0 unspecified atom stereocenters. The highest BCUT2D eigenvalue weighted by atomic mass is 16.5. The van der Waals surface area contributed by atoms with Gasteiger partial charge in [0, 0.05) is 22.5 Å². The number of aromatic nitrogens is 3. The number of aryl methyl sites for hydroxylation is 2. The maximum Gasteiger partial charge on any atom is 0.290 e. The molecule has 1 aliphatic heterocycles. The smallest absolute Gasteiger partial charge is 0.290 e. The third-order valence-corrected chi connectivity index (χ3v) is 6.19. The van der Waals surface area contributed by atoms with Crippen LogP contribution in [0.1, 0.15) is 25.1 Å². The van der Waals surface area contributed by atoms with Crippen LogP contribution in [-0.4, -0.2) is 44.3 Å². The molecule has 2 atom stereocenters. The monoisotopic (exact) mass is 484 g/mol. The molecule has 0 spiro atoms. The molecule has 0 aliphatic carbocycles. The summed E-state index contributed by atoms with van der Waals surface area (Å²) >= 11 is 0. The number of benzene rings is 2. The Balaban J connectivity index is 1.35. The van der Waals surface area contributed by atoms with Crippen molar-refractivity contribution >= 4 is 34.1 Å². The van der Waals surface area contributed by atoms with Crippen molar-refractivity contribution in [2.75, 3.05) is 17.2 Å². The fraction of sp³-hybridized carbons (Fsp3) is 0.259. The van der Waals surface area contributed by atoms with Gasteiger partial charge in [-0.15, -0.1) is 0 Å². The van der Waals surface area contributed by atoms with Crippen LogP contribution in [-0.2, 0) is 4.74 Å². The summed E-state index contributed by atoms with van der Waals surface area (Å²) in [5.74, 6) is 2.12. The first-order valence-electron chi connectivity index (χ1n) is 11.7. The summed E-state index contributed by atoms with van der Waals surface area (Å²) in [5.41, 5.74) is 3.62. The van der Waals surface area contributed by atoms with E-state index in [4.69, 9.17) is 9.47 Å². The van der Waals surface area contributed by atoms with E-state index in [1.54, 1.807) is 13.1 Å². The number of pyridine rings is 1. The largest absolute Gasteiger partial charge is 0.455 e. The molecular formula is C27H28N6O3. The number of rotatable bonds is 6. The van der Waals surface area contributed by atoms with Gasteiger partial charge in [0.25, 0.3) is 6.02 Å². The van der Waals surface area contributed by atoms with E-state index in [2.05, 4.69) is 30.6 Å². The summed E-state index contributed by atoms with van der Waals surface area (Å²) in [6.45, 7) is 7.85. The van der Waals surface area contributed by atoms with Crippen LogP contribution < -0.4 is 15.4 Å². The molecule has 2 aromatic heterocycles. The van der Waals surface area contributed by atoms with Gasteiger partial charge in [-0.3, -0.25) is 4.98 Å². The number of aliphatic hydroxyl groups excluding tert-OH is 1. The van der Waals surface area contributed by atoms with Crippen molar-refractivity contribution in [3.8, 4) is 11.5 Å². The standard InChI is InChI=1S/C27H28N6O3/c1-16-11-19(7-10-24(16)35-21-8-5-17(2)28-13-21)32-25-22-12-20(6-9-23(22)30-15-31-25)33-26-29-14-27(4,36-26)18(3)34/h5-13,15,18,34H,14H2,1-4H3,(H,29,33)(H,30,31,32)/t18-,27+/m1/s1. The maximum absolute atomic E-state index is 9.97. The summed E-state index contributed by atoms with van der Waals surface area (Å²) in [6.07, 6.45) is 2.60. The van der Waals surface area contributed by atoms with Gasteiger partial charge in [-0.1, -0.05) is 0 Å². The number of fused-ring (bicyclic) bond motifs is 1. The molecule has 2 aromatic carbocycles. The van der Waals surface area contributed by atoms with E-state index < -0.39 is 11.7 Å². The number of aliphatic imine (C=N–C) groups is 1. The molecular weight excluding hydrogens is 456 g/mol. The maximum atomic E-state index is 9.97. The highest BCUT2D eigenvalue weighted by molar-refractivity contribution is 5.97. The number of aliphatic hydroxyl groups is 1. The Morgan fingerprint density at radius 2 is 1.81 bits per heavy atom. The van der Waals surface area contributed by atoms with E-state index in [1.165, 1.54) is 6.33 Å². The van der Waals surface area contributed by atoms with Gasteiger partial charge in [-0.2, -0.15) is 0 Å². The van der Waals surface area contributed by atoms with Crippen LogP contribution in [0.15, 0.2) is 66.0 Å². The summed E-state index contributed by atoms with van der Waals surface area (Å²) in [6, 6.07) is 15.8. The highest BCUT2D eigenvalue weighted by Gasteiger charge is 2.38. The number of hydrogen-bond acceptors (Lipinski definition) is 9. The fourth-order valence-corrected chi connectivity index (χ4v) is 3.77. The van der Waals surface area contributed by atoms with E-state index in [9.17, 15) is 5.11 Å². The van der Waals surface area contributed by atoms with Gasteiger partial charge >= 0.3 is 0 Å². The Bertz CT molecular complexity index is 1440. The zero-order chi connectivity index (χ0) is 25.3. The minimum atomic E-state index is -0.737. The number of amidine groups is 1. The van der Waals surface area contributed by atoms with Gasteiger partial charge in [0.1, 0.15) is 23.6 Å². The van der Waals surface area contributed by atoms with Crippen LogP contribution in [0.3, 0.4) is 0 Å². The lowest BCUT2D eigenvalue weighted by molar-refractivity contribution is -0.0197. The minimum Gasteiger partial charge on any atom is -0.455 e. The minimum absolute atomic E-state index is 0.374. The summed E-state index contributed by atoms with van der Waals surface area (Å²) in [4.78, 5) is 17.5. The molecule has 4 aromatic rings. The predicted octanol–water partition coefficient (Wildman–Crippen LogP) is 5.12. The lowest BCUT2D eigenvalue weighted by atomic mass is 10.0. The van der Waals surface area contributed by atoms with Crippen LogP contribution in [0.25, 0.3) is 10.9 Å². The van der Waals surface area contributed by atoms with Gasteiger partial charge in [0.05, 0.1) is 24.4 Å². The van der Waals surface area contributed by atoms with Crippen molar-refractivity contribution in [3.05, 3.63) is 72.3 Å². The van der Waals surface area contributed by atoms with Crippen LogP contribution in [0.4, 0.5) is 17.2 Å². The van der Waals surface area contributed by atoms with Crippen molar-refractivity contribution in [2.45, 2.75) is 39.4 Å². The first-order chi connectivity index (χ1) is 17.3. The average Bonchev–Trinajstić information content (AvgIpc) is 3.24. The highest BCUT2D eigenvalue weighted by Crippen LogP contribution is 2.31. The molecule has 9 heteroatoms. The van der Waals surface area contributed by atoms with E-state index in [-0.39, 0.29) is 0 Å². The van der Waals surface area contributed by atoms with E-state index in [1.807, 2.05) is 69.3 Å². The second-order valence-electron chi connectivity index (χ2n) is 9.13. The van der Waals surface area contributed by atoms with E-state index >= 15 is 0 Å². The topological polar surface area (TPSA) is 114 Å². The molecule has 0 amide bonds. The molecule has 9 nitrogen and oxygen atoms in total. The predicted molar refractivity (Wildman–Crippen MR) is 140 cm³/mol. The Morgan fingerprint density at radius 1 is 1.00 bits per heavy atom. The first kappa shape index (κ1) is 23.5. The second kappa shape index (κ2) is 9.43. The summed E-state index contributed by atoms with van der Waals surface area (Å²) < 4.78 is 11.8. The Kier molecular flexibility index (Phi) is 6.15. The molecule has 1 aliphatic rings. The average molecular weight is 485 g/mol. The molecule has 0 fully saturated rings. The Hall–Kier alpha value is -4.24. The van der Waals surface area contributed by atoms with Crippen LogP contribution in [0.5, 0.6) is 11.5 Å². The van der Waals surface area contributed by atoms with E-state index in [0.29, 0.717) is 24.1 Å². The van der Waals surface area contributed by atoms with Crippen molar-refractivity contribution in [3.63, 3.8) is 0 Å². The number of ether oxygens (including phenoxy) is 2. The molecule has 5 rings (SSSR count).